The molecule has 0 aromatic heterocycles. The average molecular weight is 440 g/mol. The summed E-state index contributed by atoms with van der Waals surface area (Å²) in [4.78, 5) is 25.4. The zero-order valence-electron chi connectivity index (χ0n) is 16.8. The summed E-state index contributed by atoms with van der Waals surface area (Å²) < 4.78 is 39.2. The molecule has 1 amide bonds. The van der Waals surface area contributed by atoms with Crippen molar-refractivity contribution in [2.24, 2.45) is 0 Å². The van der Waals surface area contributed by atoms with Gasteiger partial charge in [0.05, 0.1) is 18.5 Å². The van der Waals surface area contributed by atoms with Crippen LogP contribution in [-0.4, -0.2) is 37.2 Å². The average Bonchev–Trinajstić information content (AvgIpc) is 2.74. The fraction of sp³-hybridized carbons (Fsp3) is 0.130. The van der Waals surface area contributed by atoms with Crippen molar-refractivity contribution in [3.05, 3.63) is 101 Å². The summed E-state index contributed by atoms with van der Waals surface area (Å²) in [5.74, 6) is -1.48. The van der Waals surface area contributed by atoms with Gasteiger partial charge in [0.15, 0.2) is 5.78 Å². The number of hydrogen-bond acceptors (Lipinski definition) is 4. The summed E-state index contributed by atoms with van der Waals surface area (Å²) in [5, 5.41) is 2.60. The topological polar surface area (TPSA) is 83.6 Å². The first-order valence-electron chi connectivity index (χ1n) is 9.43. The lowest BCUT2D eigenvalue weighted by atomic mass is 10.0. The van der Waals surface area contributed by atoms with Gasteiger partial charge >= 0.3 is 0 Å². The van der Waals surface area contributed by atoms with Gasteiger partial charge in [0.25, 0.3) is 0 Å². The highest BCUT2D eigenvalue weighted by atomic mass is 32.2. The number of ketones is 1. The van der Waals surface area contributed by atoms with E-state index in [0.717, 1.165) is 10.6 Å². The quantitative estimate of drug-likeness (QED) is 0.544. The predicted octanol–water partition coefficient (Wildman–Crippen LogP) is 3.46. The van der Waals surface area contributed by atoms with Gasteiger partial charge in [-0.3, -0.25) is 9.59 Å². The number of hydrogen-bond donors (Lipinski definition) is 1. The van der Waals surface area contributed by atoms with Gasteiger partial charge in [-0.25, -0.2) is 12.8 Å². The lowest BCUT2D eigenvalue weighted by molar-refractivity contribution is -0.116. The first kappa shape index (κ1) is 22.3. The Morgan fingerprint density at radius 1 is 0.903 bits per heavy atom. The fourth-order valence-electron chi connectivity index (χ4n) is 2.99. The van der Waals surface area contributed by atoms with E-state index in [1.807, 2.05) is 0 Å². The molecule has 0 unspecified atom stereocenters. The van der Waals surface area contributed by atoms with Crippen molar-refractivity contribution in [2.75, 3.05) is 18.1 Å². The van der Waals surface area contributed by atoms with E-state index in [1.54, 1.807) is 60.7 Å². The molecule has 0 radical (unpaired) electrons. The first-order valence-corrected chi connectivity index (χ1v) is 11.3. The minimum atomic E-state index is -3.80. The fourth-order valence-corrected chi connectivity index (χ4v) is 3.72. The molecule has 0 saturated heterocycles. The minimum Gasteiger partial charge on any atom is -0.324 e. The Bertz CT molecular complexity index is 1200. The van der Waals surface area contributed by atoms with E-state index in [0.29, 0.717) is 5.56 Å². The van der Waals surface area contributed by atoms with E-state index >= 15 is 0 Å². The molecule has 0 bridgehead atoms. The summed E-state index contributed by atoms with van der Waals surface area (Å²) in [6, 6.07) is 20.8. The van der Waals surface area contributed by atoms with Gasteiger partial charge in [-0.2, -0.15) is 4.31 Å². The maximum Gasteiger partial charge on any atom is 0.239 e. The molecule has 3 aromatic rings. The van der Waals surface area contributed by atoms with Crippen molar-refractivity contribution >= 4 is 27.4 Å². The lowest BCUT2D eigenvalue weighted by Gasteiger charge is -2.20. The van der Waals surface area contributed by atoms with Crippen LogP contribution in [0.15, 0.2) is 78.9 Å². The number of sulfonamides is 1. The zero-order chi connectivity index (χ0) is 22.4. The third-order valence-corrected chi connectivity index (χ3v) is 5.77. The molecule has 0 atom stereocenters. The monoisotopic (exact) mass is 440 g/mol. The van der Waals surface area contributed by atoms with Crippen LogP contribution in [0.3, 0.4) is 0 Å². The molecule has 0 aliphatic rings. The number of carbonyl (C=O) groups is 2. The van der Waals surface area contributed by atoms with Gasteiger partial charge in [-0.15, -0.1) is 0 Å². The number of carbonyl (C=O) groups excluding carboxylic acids is 2. The van der Waals surface area contributed by atoms with E-state index in [2.05, 4.69) is 5.32 Å². The molecule has 0 saturated carbocycles. The molecule has 6 nitrogen and oxygen atoms in total. The van der Waals surface area contributed by atoms with E-state index in [9.17, 15) is 22.4 Å². The van der Waals surface area contributed by atoms with Gasteiger partial charge in [-0.05, 0) is 18.2 Å². The maximum absolute atomic E-state index is 14.0. The standard InChI is InChI=1S/C23H21FN2O4S/c1-31(29,30)26(15-18-11-5-7-13-20(18)24)16-22(27)25-21-14-8-6-12-19(21)23(28)17-9-3-2-4-10-17/h2-14H,15-16H2,1H3,(H,25,27). The molecule has 3 rings (SSSR count). The zero-order valence-corrected chi connectivity index (χ0v) is 17.6. The third kappa shape index (κ3) is 5.84. The number of nitrogens with one attached hydrogen (secondary N) is 1. The number of anilines is 1. The van der Waals surface area contributed by atoms with Gasteiger partial charge in [0, 0.05) is 23.2 Å². The predicted molar refractivity (Wildman–Crippen MR) is 117 cm³/mol. The van der Waals surface area contributed by atoms with Crippen molar-refractivity contribution in [3.63, 3.8) is 0 Å². The third-order valence-electron chi connectivity index (χ3n) is 4.58. The van der Waals surface area contributed by atoms with Gasteiger partial charge in [0.1, 0.15) is 5.82 Å². The van der Waals surface area contributed by atoms with E-state index in [1.165, 1.54) is 18.2 Å². The molecule has 31 heavy (non-hydrogen) atoms. The summed E-state index contributed by atoms with van der Waals surface area (Å²) in [7, 11) is -3.80. The van der Waals surface area contributed by atoms with Crippen LogP contribution in [0.5, 0.6) is 0 Å². The molecular weight excluding hydrogens is 419 g/mol. The molecule has 0 spiro atoms. The highest BCUT2D eigenvalue weighted by molar-refractivity contribution is 7.88. The lowest BCUT2D eigenvalue weighted by Crippen LogP contribution is -2.37. The smallest absolute Gasteiger partial charge is 0.239 e. The highest BCUT2D eigenvalue weighted by Gasteiger charge is 2.23. The maximum atomic E-state index is 14.0. The molecule has 1 N–H and O–H groups in total. The Labute approximate surface area is 180 Å². The van der Waals surface area contributed by atoms with Crippen LogP contribution in [-0.2, 0) is 21.4 Å². The van der Waals surface area contributed by atoms with Crippen LogP contribution in [0.25, 0.3) is 0 Å². The number of benzene rings is 3. The van der Waals surface area contributed by atoms with E-state index < -0.39 is 28.3 Å². The highest BCUT2D eigenvalue weighted by Crippen LogP contribution is 2.20. The number of nitrogens with zero attached hydrogens (tertiary/aromatic N) is 1. The Morgan fingerprint density at radius 3 is 2.19 bits per heavy atom. The normalized spacial score (nSPS) is 11.3. The molecule has 0 aliphatic heterocycles. The SMILES string of the molecule is CS(=O)(=O)N(CC(=O)Nc1ccccc1C(=O)c1ccccc1)Cc1ccccc1F. The van der Waals surface area contributed by atoms with Gasteiger partial charge in [0.2, 0.25) is 15.9 Å². The van der Waals surface area contributed by atoms with Crippen LogP contribution in [0.2, 0.25) is 0 Å². The van der Waals surface area contributed by atoms with Gasteiger partial charge in [-0.1, -0.05) is 60.7 Å². The second-order valence-electron chi connectivity index (χ2n) is 6.91. The molecule has 0 aliphatic carbocycles. The van der Waals surface area contributed by atoms with Crippen LogP contribution in [0, 0.1) is 5.82 Å². The summed E-state index contributed by atoms with van der Waals surface area (Å²) >= 11 is 0. The number of rotatable bonds is 8. The molecule has 0 heterocycles. The molecule has 3 aromatic carbocycles. The largest absolute Gasteiger partial charge is 0.324 e. The van der Waals surface area contributed by atoms with Crippen LogP contribution in [0.4, 0.5) is 10.1 Å². The van der Waals surface area contributed by atoms with Crippen molar-refractivity contribution in [1.82, 2.24) is 4.31 Å². The van der Waals surface area contributed by atoms with Gasteiger partial charge < -0.3 is 5.32 Å². The Morgan fingerprint density at radius 2 is 1.52 bits per heavy atom. The van der Waals surface area contributed by atoms with Crippen LogP contribution >= 0.6 is 0 Å². The molecule has 160 valence electrons. The first-order chi connectivity index (χ1) is 14.8. The van der Waals surface area contributed by atoms with Crippen molar-refractivity contribution in [2.45, 2.75) is 6.54 Å². The van der Waals surface area contributed by atoms with E-state index in [-0.39, 0.29) is 29.1 Å². The molecular formula is C23H21FN2O4S. The Kier molecular flexibility index (Phi) is 6.94. The molecule has 8 heteroatoms. The number of halogens is 1. The van der Waals surface area contributed by atoms with Crippen LogP contribution < -0.4 is 5.32 Å². The van der Waals surface area contributed by atoms with Crippen molar-refractivity contribution < 1.29 is 22.4 Å². The summed E-state index contributed by atoms with van der Waals surface area (Å²) in [5.41, 5.74) is 1.16. The Hall–Kier alpha value is -3.36. The van der Waals surface area contributed by atoms with Crippen molar-refractivity contribution in [1.29, 1.82) is 0 Å². The van der Waals surface area contributed by atoms with Crippen molar-refractivity contribution in [3.8, 4) is 0 Å². The van der Waals surface area contributed by atoms with Crippen LogP contribution in [0.1, 0.15) is 21.5 Å². The second-order valence-corrected chi connectivity index (χ2v) is 8.89. The Balaban J connectivity index is 1.79. The second kappa shape index (κ2) is 9.63. The number of para-hydroxylation sites is 1. The minimum absolute atomic E-state index is 0.153. The summed E-state index contributed by atoms with van der Waals surface area (Å²) in [6.07, 6.45) is 0.952. The number of amides is 1. The molecule has 0 fully saturated rings. The van der Waals surface area contributed by atoms with E-state index in [4.69, 9.17) is 0 Å². The summed E-state index contributed by atoms with van der Waals surface area (Å²) in [6.45, 7) is -0.815.